The van der Waals surface area contributed by atoms with Gasteiger partial charge in [0, 0.05) is 61.8 Å². The summed E-state index contributed by atoms with van der Waals surface area (Å²) in [5.74, 6) is -0.308. The highest BCUT2D eigenvalue weighted by molar-refractivity contribution is 6.05. The smallest absolute Gasteiger partial charge is 0.291 e. The first-order valence-electron chi connectivity index (χ1n) is 19.7. The van der Waals surface area contributed by atoms with Gasteiger partial charge in [0.1, 0.15) is 5.58 Å². The van der Waals surface area contributed by atoms with Crippen molar-refractivity contribution in [2.75, 3.05) is 11.9 Å². The van der Waals surface area contributed by atoms with Gasteiger partial charge in [-0.2, -0.15) is 5.10 Å². The molecule has 60 heavy (non-hydrogen) atoms. The summed E-state index contributed by atoms with van der Waals surface area (Å²) in [6.07, 6.45) is 8.31. The van der Waals surface area contributed by atoms with E-state index in [1.54, 1.807) is 18.3 Å². The first-order chi connectivity index (χ1) is 29.1. The highest BCUT2D eigenvalue weighted by Crippen LogP contribution is 2.30. The van der Waals surface area contributed by atoms with E-state index in [0.717, 1.165) is 65.0 Å². The van der Waals surface area contributed by atoms with Gasteiger partial charge in [-0.1, -0.05) is 36.4 Å². The van der Waals surface area contributed by atoms with Gasteiger partial charge in [0.25, 0.3) is 5.91 Å². The predicted molar refractivity (Wildman–Crippen MR) is 231 cm³/mol. The quantitative estimate of drug-likeness (QED) is 0.131. The second kappa shape index (κ2) is 16.0. The maximum Gasteiger partial charge on any atom is 0.291 e. The number of hydrogen-bond acceptors (Lipinski definition) is 9. The maximum absolute atomic E-state index is 13.5. The van der Waals surface area contributed by atoms with Gasteiger partial charge < -0.3 is 14.3 Å². The van der Waals surface area contributed by atoms with Crippen LogP contribution in [0.3, 0.4) is 0 Å². The van der Waals surface area contributed by atoms with Crippen LogP contribution in [0.1, 0.15) is 43.9 Å². The molecule has 0 unspecified atom stereocenters. The number of fused-ring (bicyclic) bond motifs is 2. The summed E-state index contributed by atoms with van der Waals surface area (Å²) in [4.78, 5) is 34.5. The van der Waals surface area contributed by atoms with Crippen LogP contribution < -0.4 is 10.7 Å². The number of nitrogens with one attached hydrogen (secondary N) is 1. The normalized spacial score (nSPS) is 11.6. The molecule has 0 fully saturated rings. The molecule has 0 aliphatic carbocycles. The second-order valence-corrected chi connectivity index (χ2v) is 15.2. The van der Waals surface area contributed by atoms with E-state index in [-0.39, 0.29) is 11.2 Å². The number of anilines is 1. The number of nitrogens with zero attached hydrogens (tertiary/aromatic N) is 9. The number of imidazole rings is 1. The van der Waals surface area contributed by atoms with Gasteiger partial charge in [-0.15, -0.1) is 15.0 Å². The van der Waals surface area contributed by atoms with E-state index >= 15 is 0 Å². The van der Waals surface area contributed by atoms with Crippen LogP contribution >= 0.6 is 0 Å². The van der Waals surface area contributed by atoms with Crippen molar-refractivity contribution >= 4 is 33.5 Å². The van der Waals surface area contributed by atoms with Gasteiger partial charge in [0.15, 0.2) is 11.2 Å². The van der Waals surface area contributed by atoms with E-state index in [9.17, 15) is 9.59 Å². The van der Waals surface area contributed by atoms with Gasteiger partial charge in [-0.05, 0) is 126 Å². The van der Waals surface area contributed by atoms with Gasteiger partial charge in [-0.3, -0.25) is 19.2 Å². The summed E-state index contributed by atoms with van der Waals surface area (Å²) >= 11 is 0. The zero-order chi connectivity index (χ0) is 41.3. The number of carbonyl (C=O) groups is 1. The molecule has 0 bridgehead atoms. The number of carbonyl (C=O) groups excluding carboxylic acids is 1. The predicted octanol–water partition coefficient (Wildman–Crippen LogP) is 7.93. The lowest BCUT2D eigenvalue weighted by Gasteiger charge is -2.23. The summed E-state index contributed by atoms with van der Waals surface area (Å²) < 4.78 is 9.79. The Kier molecular flexibility index (Phi) is 10.2. The number of rotatable bonds is 12. The van der Waals surface area contributed by atoms with Crippen LogP contribution in [0.2, 0.25) is 0 Å². The summed E-state index contributed by atoms with van der Waals surface area (Å²) in [7, 11) is 1.96. The Morgan fingerprint density at radius 3 is 2.45 bits per heavy atom. The molecule has 4 aromatic heterocycles. The Labute approximate surface area is 345 Å². The van der Waals surface area contributed by atoms with E-state index in [1.807, 2.05) is 86.1 Å². The van der Waals surface area contributed by atoms with Crippen LogP contribution in [-0.2, 0) is 26.6 Å². The fourth-order valence-corrected chi connectivity index (χ4v) is 7.45. The van der Waals surface area contributed by atoms with Gasteiger partial charge in [0.2, 0.25) is 5.82 Å². The first kappa shape index (κ1) is 38.0. The van der Waals surface area contributed by atoms with Crippen LogP contribution in [-0.4, -0.2) is 56.9 Å². The Hall–Kier alpha value is -7.51. The molecule has 0 saturated carbocycles. The molecular weight excluding hydrogens is 753 g/mol. The van der Waals surface area contributed by atoms with Crippen LogP contribution in [0.25, 0.3) is 44.6 Å². The molecule has 9 aromatic rings. The molecule has 13 nitrogen and oxygen atoms in total. The fourth-order valence-electron chi connectivity index (χ4n) is 7.45. The van der Waals surface area contributed by atoms with Crippen molar-refractivity contribution in [2.24, 2.45) is 7.05 Å². The molecule has 0 spiro atoms. The lowest BCUT2D eigenvalue weighted by molar-refractivity contribution is 0.0997. The molecule has 0 aliphatic rings. The number of benzene rings is 5. The molecule has 298 valence electrons. The monoisotopic (exact) mass is 794 g/mol. The lowest BCUT2D eigenvalue weighted by Crippen LogP contribution is -2.25. The largest absolute Gasteiger partial charge is 0.451 e. The topological polar surface area (TPSA) is 142 Å². The zero-order valence-electron chi connectivity index (χ0n) is 33.7. The molecular formula is C47H42N10O3. The molecule has 13 heteroatoms. The number of aryl methyl sites for hydroxylation is 4. The van der Waals surface area contributed by atoms with Crippen molar-refractivity contribution in [3.63, 3.8) is 0 Å². The van der Waals surface area contributed by atoms with E-state index in [2.05, 4.69) is 85.2 Å². The van der Waals surface area contributed by atoms with Gasteiger partial charge in [0.05, 0.1) is 34.8 Å². The van der Waals surface area contributed by atoms with Crippen LogP contribution in [0, 0.1) is 20.8 Å². The average Bonchev–Trinajstić information content (AvgIpc) is 4.04. The summed E-state index contributed by atoms with van der Waals surface area (Å²) in [6, 6.07) is 33.6. The average molecular weight is 795 g/mol. The molecule has 0 aliphatic heterocycles. The second-order valence-electron chi connectivity index (χ2n) is 15.2. The van der Waals surface area contributed by atoms with Crippen LogP contribution in [0.15, 0.2) is 137 Å². The fraction of sp³-hybridized carbons (Fsp3) is 0.170. The minimum Gasteiger partial charge on any atom is -0.451 e. The number of tetrazole rings is 1. The molecule has 5 aromatic carbocycles. The SMILES string of the molecule is Cc1ccc2c(=O)cc(C(=O)Nc3cc(C)c(C)cc3-c3nnn(-c4ccc(CCN(Cc5cccc(-n6ccnc6)c5)Cc5ccc6c(cnn6C)c5)cc4)n3)oc2c1. The zero-order valence-corrected chi connectivity index (χ0v) is 33.7. The molecule has 1 amide bonds. The van der Waals surface area contributed by atoms with Gasteiger partial charge >= 0.3 is 0 Å². The third-order valence-corrected chi connectivity index (χ3v) is 10.9. The highest BCUT2D eigenvalue weighted by Gasteiger charge is 2.19. The maximum atomic E-state index is 13.5. The summed E-state index contributed by atoms with van der Waals surface area (Å²) in [6.45, 7) is 8.22. The van der Waals surface area contributed by atoms with Crippen molar-refractivity contribution in [3.8, 4) is 22.8 Å². The molecule has 0 saturated heterocycles. The van der Waals surface area contributed by atoms with Crippen LogP contribution in [0.4, 0.5) is 5.69 Å². The Morgan fingerprint density at radius 1 is 0.833 bits per heavy atom. The van der Waals surface area contributed by atoms with Crippen molar-refractivity contribution in [3.05, 3.63) is 177 Å². The standard InChI is InChI=1S/C47H42N10O3/c1-30-8-14-39-43(58)25-45(60-44(39)20-30)47(59)50-41-22-32(3)31(2)21-40(41)46-51-53-57(52-46)37-12-9-33(10-13-37)16-18-55(28-35-11-15-42-36(23-35)26-49-54(42)4)27-34-6-5-7-38(24-34)56-19-17-48-29-56/h5-15,17,19-26,29H,16,18,27-28H2,1-4H3,(H,50,59). The third-order valence-electron chi connectivity index (χ3n) is 10.9. The Morgan fingerprint density at radius 2 is 1.63 bits per heavy atom. The molecule has 0 radical (unpaired) electrons. The number of aromatic nitrogens is 8. The number of amides is 1. The van der Waals surface area contributed by atoms with Crippen molar-refractivity contribution in [1.29, 1.82) is 0 Å². The van der Waals surface area contributed by atoms with Crippen molar-refractivity contribution < 1.29 is 9.21 Å². The van der Waals surface area contributed by atoms with E-state index in [4.69, 9.17) is 9.52 Å². The minimum absolute atomic E-state index is 0.0897. The summed E-state index contributed by atoms with van der Waals surface area (Å²) in [5, 5.41) is 22.4. The van der Waals surface area contributed by atoms with Crippen molar-refractivity contribution in [2.45, 2.75) is 40.3 Å². The Balaban J connectivity index is 0.921. The van der Waals surface area contributed by atoms with E-state index in [1.165, 1.54) is 27.6 Å². The van der Waals surface area contributed by atoms with E-state index < -0.39 is 5.91 Å². The Bertz CT molecular complexity index is 3070. The minimum atomic E-state index is -0.556. The lowest BCUT2D eigenvalue weighted by atomic mass is 10.0. The van der Waals surface area contributed by atoms with Crippen LogP contribution in [0.5, 0.6) is 0 Å². The molecule has 1 N–H and O–H groups in total. The van der Waals surface area contributed by atoms with Gasteiger partial charge in [-0.25, -0.2) is 4.98 Å². The van der Waals surface area contributed by atoms with Crippen molar-refractivity contribution in [1.82, 2.24) is 44.4 Å². The van der Waals surface area contributed by atoms with E-state index in [0.29, 0.717) is 28.0 Å². The molecule has 4 heterocycles. The first-order valence-corrected chi connectivity index (χ1v) is 19.7. The highest BCUT2D eigenvalue weighted by atomic mass is 16.3. The number of hydrogen-bond donors (Lipinski definition) is 1. The third kappa shape index (κ3) is 7.98. The summed E-state index contributed by atoms with van der Waals surface area (Å²) in [5.41, 5.74) is 10.6. The molecule has 0 atom stereocenters. The molecule has 9 rings (SSSR count).